The summed E-state index contributed by atoms with van der Waals surface area (Å²) >= 11 is 0. The summed E-state index contributed by atoms with van der Waals surface area (Å²) in [5.74, 6) is 0.300. The van der Waals surface area contributed by atoms with Crippen LogP contribution in [0.3, 0.4) is 0 Å². The minimum Gasteiger partial charge on any atom is -0.504 e. The number of aromatic nitrogens is 2. The molecule has 0 aliphatic carbocycles. The second kappa shape index (κ2) is 6.91. The Hall–Kier alpha value is -2.55. The fourth-order valence-electron chi connectivity index (χ4n) is 2.89. The first-order valence-corrected chi connectivity index (χ1v) is 8.55. The van der Waals surface area contributed by atoms with Gasteiger partial charge in [0.05, 0.1) is 11.4 Å². The normalized spacial score (nSPS) is 11.0. The molecule has 0 aliphatic rings. The van der Waals surface area contributed by atoms with E-state index in [1.54, 1.807) is 0 Å². The van der Waals surface area contributed by atoms with Gasteiger partial charge in [-0.05, 0) is 44.4 Å². The van der Waals surface area contributed by atoms with Crippen LogP contribution in [0.1, 0.15) is 36.6 Å². The zero-order chi connectivity index (χ0) is 17.1. The number of aryl methyl sites for hydroxylation is 2. The van der Waals surface area contributed by atoms with Crippen molar-refractivity contribution in [2.24, 2.45) is 0 Å². The van der Waals surface area contributed by atoms with Crippen LogP contribution in [0.4, 0.5) is 0 Å². The van der Waals surface area contributed by atoms with Crippen LogP contribution in [0, 0.1) is 13.8 Å². The lowest BCUT2D eigenvalue weighted by Gasteiger charge is -2.08. The maximum Gasteiger partial charge on any atom is 0.165 e. The Morgan fingerprint density at radius 1 is 1.00 bits per heavy atom. The summed E-state index contributed by atoms with van der Waals surface area (Å²) in [6, 6.07) is 16.4. The molecular formula is C21H24N2O. The number of hydrogen-bond donors (Lipinski definition) is 1. The molecule has 0 spiro atoms. The lowest BCUT2D eigenvalue weighted by Crippen LogP contribution is -2.02. The summed E-state index contributed by atoms with van der Waals surface area (Å²) < 4.78 is 1.90. The van der Waals surface area contributed by atoms with Gasteiger partial charge in [0.15, 0.2) is 5.75 Å². The van der Waals surface area contributed by atoms with Gasteiger partial charge in [-0.3, -0.25) is 0 Å². The van der Waals surface area contributed by atoms with Gasteiger partial charge in [-0.25, -0.2) is 4.68 Å². The first kappa shape index (κ1) is 16.3. The third-order valence-corrected chi connectivity index (χ3v) is 4.29. The molecule has 3 rings (SSSR count). The summed E-state index contributed by atoms with van der Waals surface area (Å²) in [6.45, 7) is 6.28. The van der Waals surface area contributed by atoms with Gasteiger partial charge >= 0.3 is 0 Å². The molecular weight excluding hydrogens is 296 g/mol. The molecule has 0 aliphatic heterocycles. The zero-order valence-corrected chi connectivity index (χ0v) is 14.6. The molecule has 0 saturated heterocycles. The highest BCUT2D eigenvalue weighted by atomic mass is 16.3. The van der Waals surface area contributed by atoms with Crippen molar-refractivity contribution in [3.63, 3.8) is 0 Å². The molecule has 0 saturated carbocycles. The quantitative estimate of drug-likeness (QED) is 0.701. The SMILES string of the molecule is CCCCc1c(O)c(-c2ccc(C)cc2)nn1-c1cccc(C)c1. The highest BCUT2D eigenvalue weighted by Crippen LogP contribution is 2.34. The smallest absolute Gasteiger partial charge is 0.165 e. The molecule has 3 aromatic rings. The second-order valence-corrected chi connectivity index (χ2v) is 6.36. The van der Waals surface area contributed by atoms with Gasteiger partial charge in [0.25, 0.3) is 0 Å². The number of aromatic hydroxyl groups is 1. The fourth-order valence-corrected chi connectivity index (χ4v) is 2.89. The van der Waals surface area contributed by atoms with Crippen LogP contribution in [-0.2, 0) is 6.42 Å². The first-order chi connectivity index (χ1) is 11.6. The van der Waals surface area contributed by atoms with Crippen LogP contribution < -0.4 is 0 Å². The van der Waals surface area contributed by atoms with E-state index >= 15 is 0 Å². The fraction of sp³-hybridized carbons (Fsp3) is 0.286. The maximum atomic E-state index is 10.8. The van der Waals surface area contributed by atoms with E-state index in [0.717, 1.165) is 36.2 Å². The van der Waals surface area contributed by atoms with E-state index in [1.165, 1.54) is 11.1 Å². The molecule has 0 amide bonds. The van der Waals surface area contributed by atoms with Crippen LogP contribution in [0.25, 0.3) is 16.9 Å². The number of rotatable bonds is 5. The summed E-state index contributed by atoms with van der Waals surface area (Å²) in [5.41, 5.74) is 5.86. The van der Waals surface area contributed by atoms with Gasteiger partial charge < -0.3 is 5.11 Å². The summed E-state index contributed by atoms with van der Waals surface area (Å²) in [7, 11) is 0. The Morgan fingerprint density at radius 3 is 2.42 bits per heavy atom. The molecule has 3 nitrogen and oxygen atoms in total. The van der Waals surface area contributed by atoms with E-state index in [9.17, 15) is 5.11 Å². The largest absolute Gasteiger partial charge is 0.504 e. The minimum atomic E-state index is 0.300. The maximum absolute atomic E-state index is 10.8. The average Bonchev–Trinajstić information content (AvgIpc) is 2.90. The Morgan fingerprint density at radius 2 is 1.75 bits per heavy atom. The lowest BCUT2D eigenvalue weighted by atomic mass is 10.1. The monoisotopic (exact) mass is 320 g/mol. The van der Waals surface area contributed by atoms with Gasteiger partial charge in [-0.2, -0.15) is 5.10 Å². The van der Waals surface area contributed by atoms with Crippen molar-refractivity contribution in [2.45, 2.75) is 40.0 Å². The predicted molar refractivity (Wildman–Crippen MR) is 98.8 cm³/mol. The predicted octanol–water partition coefficient (Wildman–Crippen LogP) is 5.20. The number of benzene rings is 2. The molecule has 1 aromatic heterocycles. The molecule has 3 heteroatoms. The van der Waals surface area contributed by atoms with Crippen molar-refractivity contribution in [2.75, 3.05) is 0 Å². The van der Waals surface area contributed by atoms with E-state index < -0.39 is 0 Å². The Kier molecular flexibility index (Phi) is 4.70. The van der Waals surface area contributed by atoms with Gasteiger partial charge in [0.2, 0.25) is 0 Å². The highest BCUT2D eigenvalue weighted by molar-refractivity contribution is 5.68. The second-order valence-electron chi connectivity index (χ2n) is 6.36. The molecule has 24 heavy (non-hydrogen) atoms. The van der Waals surface area contributed by atoms with Crippen molar-refractivity contribution < 1.29 is 5.11 Å². The van der Waals surface area contributed by atoms with Crippen molar-refractivity contribution in [1.29, 1.82) is 0 Å². The van der Waals surface area contributed by atoms with Crippen molar-refractivity contribution in [3.8, 4) is 22.7 Å². The number of hydrogen-bond acceptors (Lipinski definition) is 2. The van der Waals surface area contributed by atoms with Gasteiger partial charge in [0.1, 0.15) is 5.69 Å². The summed E-state index contributed by atoms with van der Waals surface area (Å²) in [6.07, 6.45) is 2.92. The number of nitrogens with zero attached hydrogens (tertiary/aromatic N) is 2. The molecule has 0 radical (unpaired) electrons. The summed E-state index contributed by atoms with van der Waals surface area (Å²) in [4.78, 5) is 0. The number of unbranched alkanes of at least 4 members (excludes halogenated alkanes) is 1. The first-order valence-electron chi connectivity index (χ1n) is 8.55. The molecule has 124 valence electrons. The van der Waals surface area contributed by atoms with Crippen molar-refractivity contribution in [1.82, 2.24) is 9.78 Å². The van der Waals surface area contributed by atoms with E-state index in [2.05, 4.69) is 32.9 Å². The molecule has 0 atom stereocenters. The van der Waals surface area contributed by atoms with Crippen LogP contribution >= 0.6 is 0 Å². The van der Waals surface area contributed by atoms with Gasteiger partial charge in [-0.1, -0.05) is 55.3 Å². The Bertz CT molecular complexity index is 832. The lowest BCUT2D eigenvalue weighted by molar-refractivity contribution is 0.467. The Labute approximate surface area is 143 Å². The van der Waals surface area contributed by atoms with E-state index in [-0.39, 0.29) is 0 Å². The van der Waals surface area contributed by atoms with E-state index in [4.69, 9.17) is 5.10 Å². The summed E-state index contributed by atoms with van der Waals surface area (Å²) in [5, 5.41) is 15.5. The molecule has 0 bridgehead atoms. The third-order valence-electron chi connectivity index (χ3n) is 4.29. The topological polar surface area (TPSA) is 38.1 Å². The third kappa shape index (κ3) is 3.21. The van der Waals surface area contributed by atoms with Gasteiger partial charge in [-0.15, -0.1) is 0 Å². The molecule has 2 aromatic carbocycles. The van der Waals surface area contributed by atoms with E-state index in [1.807, 2.05) is 41.1 Å². The standard InChI is InChI=1S/C21H24N2O/c1-4-5-9-19-21(24)20(17-12-10-15(2)11-13-17)22-23(19)18-8-6-7-16(3)14-18/h6-8,10-14,24H,4-5,9H2,1-3H3. The van der Waals surface area contributed by atoms with Crippen molar-refractivity contribution in [3.05, 3.63) is 65.4 Å². The molecule has 1 heterocycles. The van der Waals surface area contributed by atoms with Crippen LogP contribution in [0.15, 0.2) is 48.5 Å². The van der Waals surface area contributed by atoms with Crippen LogP contribution in [0.5, 0.6) is 5.75 Å². The van der Waals surface area contributed by atoms with Gasteiger partial charge in [0, 0.05) is 5.56 Å². The molecule has 0 fully saturated rings. The zero-order valence-electron chi connectivity index (χ0n) is 14.6. The van der Waals surface area contributed by atoms with E-state index in [0.29, 0.717) is 11.4 Å². The minimum absolute atomic E-state index is 0.300. The molecule has 0 unspecified atom stereocenters. The Balaban J connectivity index is 2.13. The average molecular weight is 320 g/mol. The molecule has 1 N–H and O–H groups in total. The highest BCUT2D eigenvalue weighted by Gasteiger charge is 2.19. The van der Waals surface area contributed by atoms with Crippen LogP contribution in [-0.4, -0.2) is 14.9 Å². The van der Waals surface area contributed by atoms with Crippen LogP contribution in [0.2, 0.25) is 0 Å². The van der Waals surface area contributed by atoms with Crippen molar-refractivity contribution >= 4 is 0 Å².